The third-order valence-electron chi connectivity index (χ3n) is 6.04. The monoisotopic (exact) mass is 357 g/mol. The van der Waals surface area contributed by atoms with Crippen molar-refractivity contribution in [1.29, 1.82) is 0 Å². The topological polar surface area (TPSA) is 3.24 Å². The minimum Gasteiger partial charge on any atom is -0.299 e. The molecular formula is C25H43N. The van der Waals surface area contributed by atoms with Crippen molar-refractivity contribution < 1.29 is 0 Å². The number of nitrogens with zero attached hydrogens (tertiary/aromatic N) is 1. The van der Waals surface area contributed by atoms with Gasteiger partial charge in [-0.3, -0.25) is 4.90 Å². The molecule has 0 atom stereocenters. The molecule has 0 saturated carbocycles. The third-order valence-corrected chi connectivity index (χ3v) is 6.04. The van der Waals surface area contributed by atoms with Crippen LogP contribution in [0.1, 0.15) is 108 Å². The first-order valence-corrected chi connectivity index (χ1v) is 11.7. The second kappa shape index (κ2) is 14.3. The number of hydrogen-bond donors (Lipinski definition) is 0. The van der Waals surface area contributed by atoms with Gasteiger partial charge in [-0.25, -0.2) is 0 Å². The van der Waals surface area contributed by atoms with Crippen molar-refractivity contribution >= 4 is 0 Å². The summed E-state index contributed by atoms with van der Waals surface area (Å²) in [6, 6.07) is 8.99. The van der Waals surface area contributed by atoms with Crippen molar-refractivity contribution in [2.45, 2.75) is 110 Å². The van der Waals surface area contributed by atoms with Crippen LogP contribution in [-0.4, -0.2) is 18.0 Å². The van der Waals surface area contributed by atoms with E-state index in [1.807, 2.05) is 0 Å². The summed E-state index contributed by atoms with van der Waals surface area (Å²) in [5, 5.41) is 0. The number of benzene rings is 1. The zero-order chi connectivity index (χ0) is 18.3. The number of fused-ring (bicyclic) bond motifs is 1. The lowest BCUT2D eigenvalue weighted by molar-refractivity contribution is 0.248. The van der Waals surface area contributed by atoms with Crippen LogP contribution in [-0.2, 0) is 13.0 Å². The smallest absolute Gasteiger partial charge is 0.0236 e. The Hall–Kier alpha value is -0.820. The van der Waals surface area contributed by atoms with Crippen molar-refractivity contribution in [2.75, 3.05) is 13.1 Å². The summed E-state index contributed by atoms with van der Waals surface area (Å²) in [5.74, 6) is 0. The van der Waals surface area contributed by atoms with Gasteiger partial charge < -0.3 is 0 Å². The highest BCUT2D eigenvalue weighted by Gasteiger charge is 2.14. The largest absolute Gasteiger partial charge is 0.299 e. The van der Waals surface area contributed by atoms with Gasteiger partial charge in [-0.15, -0.1) is 0 Å². The molecule has 0 bridgehead atoms. The molecule has 0 aromatic heterocycles. The highest BCUT2D eigenvalue weighted by atomic mass is 15.1. The predicted octanol–water partition coefficient (Wildman–Crippen LogP) is 7.53. The first-order valence-electron chi connectivity index (χ1n) is 11.7. The molecule has 0 N–H and O–H groups in total. The lowest BCUT2D eigenvalue weighted by atomic mass is 9.99. The molecule has 1 nitrogen and oxygen atoms in total. The van der Waals surface area contributed by atoms with Gasteiger partial charge in [-0.1, -0.05) is 115 Å². The maximum Gasteiger partial charge on any atom is 0.0236 e. The van der Waals surface area contributed by atoms with Gasteiger partial charge in [0.25, 0.3) is 0 Å². The normalized spacial score (nSPS) is 14.5. The average molecular weight is 358 g/mol. The minimum atomic E-state index is 1.18. The highest BCUT2D eigenvalue weighted by Crippen LogP contribution is 2.19. The minimum absolute atomic E-state index is 1.18. The van der Waals surface area contributed by atoms with Crippen molar-refractivity contribution in [2.24, 2.45) is 0 Å². The van der Waals surface area contributed by atoms with E-state index in [1.165, 1.54) is 116 Å². The molecule has 0 radical (unpaired) electrons. The van der Waals surface area contributed by atoms with Crippen LogP contribution in [0.3, 0.4) is 0 Å². The zero-order valence-corrected chi connectivity index (χ0v) is 17.5. The van der Waals surface area contributed by atoms with E-state index >= 15 is 0 Å². The average Bonchev–Trinajstić information content (AvgIpc) is 2.68. The Morgan fingerprint density at radius 3 is 1.73 bits per heavy atom. The van der Waals surface area contributed by atoms with Crippen LogP contribution in [0, 0.1) is 0 Å². The first-order chi connectivity index (χ1) is 12.9. The molecule has 1 heteroatoms. The van der Waals surface area contributed by atoms with Gasteiger partial charge in [0.15, 0.2) is 0 Å². The molecular weight excluding hydrogens is 314 g/mol. The van der Waals surface area contributed by atoms with Crippen LogP contribution in [0.4, 0.5) is 0 Å². The molecule has 1 aliphatic rings. The molecule has 1 aliphatic heterocycles. The molecule has 0 fully saturated rings. The maximum atomic E-state index is 2.66. The molecule has 1 aromatic carbocycles. The Morgan fingerprint density at radius 2 is 1.15 bits per heavy atom. The fraction of sp³-hybridized carbons (Fsp3) is 0.760. The highest BCUT2D eigenvalue weighted by molar-refractivity contribution is 5.28. The fourth-order valence-corrected chi connectivity index (χ4v) is 4.27. The van der Waals surface area contributed by atoms with E-state index in [0.29, 0.717) is 0 Å². The Labute approximate surface area is 163 Å². The maximum absolute atomic E-state index is 2.66. The van der Waals surface area contributed by atoms with Gasteiger partial charge in [0.05, 0.1) is 0 Å². The van der Waals surface area contributed by atoms with Crippen LogP contribution in [0.15, 0.2) is 24.3 Å². The Bertz CT molecular complexity index is 453. The predicted molar refractivity (Wildman–Crippen MR) is 116 cm³/mol. The summed E-state index contributed by atoms with van der Waals surface area (Å²) >= 11 is 0. The molecule has 0 spiro atoms. The van der Waals surface area contributed by atoms with Crippen LogP contribution in [0.2, 0.25) is 0 Å². The molecule has 0 amide bonds. The van der Waals surface area contributed by atoms with Crippen LogP contribution in [0.25, 0.3) is 0 Å². The Kier molecular flexibility index (Phi) is 11.8. The van der Waals surface area contributed by atoms with E-state index in [2.05, 4.69) is 36.1 Å². The third kappa shape index (κ3) is 9.21. The second-order valence-electron chi connectivity index (χ2n) is 8.39. The summed E-state index contributed by atoms with van der Waals surface area (Å²) in [6.45, 7) is 6.03. The summed E-state index contributed by atoms with van der Waals surface area (Å²) in [4.78, 5) is 2.66. The molecule has 2 rings (SSSR count). The molecule has 0 aliphatic carbocycles. The number of unbranched alkanes of at least 4 members (excludes halogenated alkanes) is 13. The van der Waals surface area contributed by atoms with E-state index in [1.54, 1.807) is 11.1 Å². The first kappa shape index (κ1) is 21.5. The summed E-state index contributed by atoms with van der Waals surface area (Å²) in [7, 11) is 0. The van der Waals surface area contributed by atoms with E-state index < -0.39 is 0 Å². The summed E-state index contributed by atoms with van der Waals surface area (Å²) in [6.07, 6.45) is 21.5. The van der Waals surface area contributed by atoms with E-state index in [-0.39, 0.29) is 0 Å². The standard InChI is InChI=1S/C25H43N/c1-2-3-4-5-6-7-8-9-10-11-12-13-14-17-21-26-22-20-24-18-15-16-19-25(24)23-26/h15-16,18-19H,2-14,17,20-23H2,1H3. The summed E-state index contributed by atoms with van der Waals surface area (Å²) < 4.78 is 0. The van der Waals surface area contributed by atoms with Gasteiger partial charge in [-0.05, 0) is 30.5 Å². The van der Waals surface area contributed by atoms with Gasteiger partial charge in [-0.2, -0.15) is 0 Å². The fourth-order valence-electron chi connectivity index (χ4n) is 4.27. The molecule has 26 heavy (non-hydrogen) atoms. The van der Waals surface area contributed by atoms with E-state index in [4.69, 9.17) is 0 Å². The van der Waals surface area contributed by atoms with Gasteiger partial charge in [0.1, 0.15) is 0 Å². The van der Waals surface area contributed by atoms with Crippen molar-refractivity contribution in [3.8, 4) is 0 Å². The SMILES string of the molecule is CCCCCCCCCCCCCCCCN1CCc2ccccc2C1. The van der Waals surface area contributed by atoms with Crippen molar-refractivity contribution in [3.05, 3.63) is 35.4 Å². The molecule has 0 unspecified atom stereocenters. The van der Waals surface area contributed by atoms with Gasteiger partial charge in [0, 0.05) is 13.1 Å². The van der Waals surface area contributed by atoms with Crippen molar-refractivity contribution in [1.82, 2.24) is 4.90 Å². The second-order valence-corrected chi connectivity index (χ2v) is 8.39. The lowest BCUT2D eigenvalue weighted by Gasteiger charge is -2.28. The number of rotatable bonds is 15. The Balaban J connectivity index is 1.34. The quantitative estimate of drug-likeness (QED) is 0.293. The van der Waals surface area contributed by atoms with Gasteiger partial charge >= 0.3 is 0 Å². The van der Waals surface area contributed by atoms with Crippen LogP contribution >= 0.6 is 0 Å². The van der Waals surface area contributed by atoms with E-state index in [0.717, 1.165) is 0 Å². The molecule has 1 aromatic rings. The van der Waals surface area contributed by atoms with Crippen molar-refractivity contribution in [3.63, 3.8) is 0 Å². The Morgan fingerprint density at radius 1 is 0.654 bits per heavy atom. The zero-order valence-electron chi connectivity index (χ0n) is 17.5. The molecule has 1 heterocycles. The molecule has 148 valence electrons. The van der Waals surface area contributed by atoms with E-state index in [9.17, 15) is 0 Å². The summed E-state index contributed by atoms with van der Waals surface area (Å²) in [5.41, 5.74) is 3.13. The van der Waals surface area contributed by atoms with Crippen LogP contribution in [0.5, 0.6) is 0 Å². The van der Waals surface area contributed by atoms with Gasteiger partial charge in [0.2, 0.25) is 0 Å². The molecule has 0 saturated heterocycles. The van der Waals surface area contributed by atoms with Crippen LogP contribution < -0.4 is 0 Å². The lowest BCUT2D eigenvalue weighted by Crippen LogP contribution is -2.31. The number of hydrogen-bond acceptors (Lipinski definition) is 1.